The maximum atomic E-state index is 13.8. The van der Waals surface area contributed by atoms with Crippen molar-refractivity contribution in [1.29, 1.82) is 0 Å². The summed E-state index contributed by atoms with van der Waals surface area (Å²) in [5.74, 6) is 0.781. The minimum absolute atomic E-state index is 0.000321. The second-order valence-corrected chi connectivity index (χ2v) is 9.82. The maximum absolute atomic E-state index is 13.8. The van der Waals surface area contributed by atoms with E-state index in [0.29, 0.717) is 43.4 Å². The lowest BCUT2D eigenvalue weighted by Crippen LogP contribution is -2.40. The van der Waals surface area contributed by atoms with E-state index < -0.39 is 12.0 Å². The highest BCUT2D eigenvalue weighted by Crippen LogP contribution is 2.36. The van der Waals surface area contributed by atoms with Crippen LogP contribution in [0, 0.1) is 0 Å². The number of rotatable bonds is 8. The number of phenols is 1. The summed E-state index contributed by atoms with van der Waals surface area (Å²) in [6, 6.07) is 9.38. The normalized spacial score (nSPS) is 15.2. The van der Waals surface area contributed by atoms with E-state index in [1.54, 1.807) is 44.2 Å². The van der Waals surface area contributed by atoms with E-state index in [0.717, 1.165) is 0 Å². The van der Waals surface area contributed by atoms with E-state index >= 15 is 0 Å². The summed E-state index contributed by atoms with van der Waals surface area (Å²) in [6.07, 6.45) is 1.63. The minimum Gasteiger partial charge on any atom is -0.504 e. The molecule has 0 spiro atoms. The monoisotopic (exact) mass is 538 g/mol. The number of thiazole rings is 1. The fraction of sp³-hybridized carbons (Fsp3) is 0.321. The average molecular weight is 539 g/mol. The van der Waals surface area contributed by atoms with Crippen LogP contribution in [0.4, 0.5) is 0 Å². The lowest BCUT2D eigenvalue weighted by molar-refractivity contribution is -0.139. The maximum Gasteiger partial charge on any atom is 0.338 e. The van der Waals surface area contributed by atoms with Crippen LogP contribution in [0.15, 0.2) is 57.5 Å². The summed E-state index contributed by atoms with van der Waals surface area (Å²) in [7, 11) is 3.00. The lowest BCUT2D eigenvalue weighted by atomic mass is 9.95. The molecule has 4 rings (SSSR count). The molecule has 1 aliphatic heterocycles. The van der Waals surface area contributed by atoms with Crippen molar-refractivity contribution in [2.75, 3.05) is 20.8 Å². The van der Waals surface area contributed by atoms with Crippen molar-refractivity contribution in [3.63, 3.8) is 0 Å². The molecule has 0 bridgehead atoms. The molecular weight excluding hydrogens is 508 g/mol. The Morgan fingerprint density at radius 1 is 1.13 bits per heavy atom. The molecule has 9 nitrogen and oxygen atoms in total. The van der Waals surface area contributed by atoms with Gasteiger partial charge in [0.05, 0.1) is 48.8 Å². The van der Waals surface area contributed by atoms with Crippen molar-refractivity contribution in [3.8, 4) is 23.0 Å². The van der Waals surface area contributed by atoms with Crippen molar-refractivity contribution >= 4 is 23.4 Å². The second kappa shape index (κ2) is 11.1. The fourth-order valence-electron chi connectivity index (χ4n) is 4.25. The number of aromatic hydroxyl groups is 1. The number of nitrogens with zero attached hydrogens (tertiary/aromatic N) is 2. The highest BCUT2D eigenvalue weighted by atomic mass is 32.1. The molecule has 10 heteroatoms. The number of fused-ring (bicyclic) bond motifs is 1. The highest BCUT2D eigenvalue weighted by molar-refractivity contribution is 7.07. The molecule has 0 saturated heterocycles. The Kier molecular flexibility index (Phi) is 7.91. The Bertz CT molecular complexity index is 1580. The fourth-order valence-corrected chi connectivity index (χ4v) is 5.29. The first-order chi connectivity index (χ1) is 18.2. The van der Waals surface area contributed by atoms with Crippen molar-refractivity contribution in [2.45, 2.75) is 39.8 Å². The quantitative estimate of drug-likeness (QED) is 0.439. The molecule has 1 N–H and O–H groups in total. The van der Waals surface area contributed by atoms with Gasteiger partial charge in [0.1, 0.15) is 0 Å². The SMILES string of the molecule is CCOC(=O)C1=C(C)N=c2s/c(=C\c3ccc(O)c(OC)c3)c(=O)n2[C@@H]1c1ccc(OC(C)C)c(OC)c1. The zero-order valence-electron chi connectivity index (χ0n) is 22.1. The molecule has 3 aromatic rings. The number of hydrogen-bond donors (Lipinski definition) is 1. The first kappa shape index (κ1) is 27.0. The van der Waals surface area contributed by atoms with Crippen LogP contribution in [0.5, 0.6) is 23.0 Å². The second-order valence-electron chi connectivity index (χ2n) is 8.81. The Morgan fingerprint density at radius 3 is 2.53 bits per heavy atom. The van der Waals surface area contributed by atoms with Gasteiger partial charge >= 0.3 is 5.97 Å². The van der Waals surface area contributed by atoms with Gasteiger partial charge in [0.15, 0.2) is 27.8 Å². The summed E-state index contributed by atoms with van der Waals surface area (Å²) >= 11 is 1.21. The van der Waals surface area contributed by atoms with Gasteiger partial charge in [-0.05, 0) is 69.2 Å². The van der Waals surface area contributed by atoms with Gasteiger partial charge in [-0.3, -0.25) is 9.36 Å². The summed E-state index contributed by atoms with van der Waals surface area (Å²) in [4.78, 5) is 32.0. The Labute approximate surface area is 223 Å². The zero-order chi connectivity index (χ0) is 27.6. The van der Waals surface area contributed by atoms with Gasteiger partial charge in [0.25, 0.3) is 5.56 Å². The number of ether oxygens (including phenoxy) is 4. The number of esters is 1. The Morgan fingerprint density at radius 2 is 1.87 bits per heavy atom. The predicted octanol–water partition coefficient (Wildman–Crippen LogP) is 3.31. The van der Waals surface area contributed by atoms with Gasteiger partial charge in [-0.25, -0.2) is 9.79 Å². The largest absolute Gasteiger partial charge is 0.504 e. The average Bonchev–Trinajstić information content (AvgIpc) is 3.18. The molecule has 0 amide bonds. The Hall–Kier alpha value is -4.05. The molecular formula is C28H30N2O7S. The van der Waals surface area contributed by atoms with Crippen molar-refractivity contribution in [3.05, 3.63) is 78.5 Å². The number of phenolic OH excluding ortho intramolecular Hbond substituents is 1. The van der Waals surface area contributed by atoms with Gasteiger partial charge in [0.2, 0.25) is 0 Å². The van der Waals surface area contributed by atoms with E-state index in [2.05, 4.69) is 4.99 Å². The molecule has 0 radical (unpaired) electrons. The smallest absolute Gasteiger partial charge is 0.338 e. The van der Waals surface area contributed by atoms with E-state index in [-0.39, 0.29) is 29.6 Å². The van der Waals surface area contributed by atoms with Gasteiger partial charge in [0, 0.05) is 0 Å². The summed E-state index contributed by atoms with van der Waals surface area (Å²) < 4.78 is 23.9. The third kappa shape index (κ3) is 5.17. The van der Waals surface area contributed by atoms with Crippen molar-refractivity contribution in [2.24, 2.45) is 4.99 Å². The van der Waals surface area contributed by atoms with E-state index in [1.807, 2.05) is 19.9 Å². The van der Waals surface area contributed by atoms with E-state index in [9.17, 15) is 14.7 Å². The summed E-state index contributed by atoms with van der Waals surface area (Å²) in [5.41, 5.74) is 1.74. The minimum atomic E-state index is -0.788. The van der Waals surface area contributed by atoms with E-state index in [1.165, 1.54) is 36.2 Å². The molecule has 0 saturated carbocycles. The molecule has 1 aromatic heterocycles. The van der Waals surface area contributed by atoms with Gasteiger partial charge in [-0.15, -0.1) is 0 Å². The van der Waals surface area contributed by atoms with Crippen LogP contribution < -0.4 is 29.1 Å². The topological polar surface area (TPSA) is 109 Å². The Balaban J connectivity index is 1.94. The third-order valence-electron chi connectivity index (χ3n) is 5.88. The predicted molar refractivity (Wildman–Crippen MR) is 144 cm³/mol. The van der Waals surface area contributed by atoms with Crippen molar-refractivity contribution < 1.29 is 28.8 Å². The molecule has 0 aliphatic carbocycles. The van der Waals surface area contributed by atoms with Crippen molar-refractivity contribution in [1.82, 2.24) is 4.57 Å². The number of allylic oxidation sites excluding steroid dienone is 1. The molecule has 38 heavy (non-hydrogen) atoms. The first-order valence-corrected chi connectivity index (χ1v) is 12.9. The number of aromatic nitrogens is 1. The molecule has 1 atom stereocenters. The van der Waals surface area contributed by atoms with Crippen LogP contribution >= 0.6 is 11.3 Å². The molecule has 200 valence electrons. The van der Waals surface area contributed by atoms with Crippen LogP contribution in [-0.4, -0.2) is 42.6 Å². The van der Waals surface area contributed by atoms with Gasteiger partial charge < -0.3 is 24.1 Å². The van der Waals surface area contributed by atoms with E-state index in [4.69, 9.17) is 18.9 Å². The number of carbonyl (C=O) groups is 1. The molecule has 0 fully saturated rings. The van der Waals surface area contributed by atoms with Crippen LogP contribution in [0.1, 0.15) is 44.9 Å². The van der Waals surface area contributed by atoms with Crippen LogP contribution in [0.25, 0.3) is 6.08 Å². The standard InChI is InChI=1S/C28H30N2O7S/c1-7-36-27(33)24-16(4)29-28-30(25(24)18-9-11-20(37-15(2)3)22(14-18)35-6)26(32)23(38-28)13-17-8-10-19(31)21(12-17)34-5/h8-15,25,31H,7H2,1-6H3/b23-13-/t25-/m1/s1. The highest BCUT2D eigenvalue weighted by Gasteiger charge is 2.34. The van der Waals surface area contributed by atoms with Crippen LogP contribution in [0.3, 0.4) is 0 Å². The molecule has 2 heterocycles. The molecule has 0 unspecified atom stereocenters. The number of benzene rings is 2. The van der Waals surface area contributed by atoms with Gasteiger partial charge in [-0.2, -0.15) is 0 Å². The number of methoxy groups -OCH3 is 2. The summed E-state index contributed by atoms with van der Waals surface area (Å²) in [5, 5.41) is 9.93. The lowest BCUT2D eigenvalue weighted by Gasteiger charge is -2.25. The third-order valence-corrected chi connectivity index (χ3v) is 6.87. The zero-order valence-corrected chi connectivity index (χ0v) is 22.9. The van der Waals surface area contributed by atoms with Gasteiger partial charge in [-0.1, -0.05) is 23.5 Å². The van der Waals surface area contributed by atoms with Crippen LogP contribution in [0.2, 0.25) is 0 Å². The number of hydrogen-bond acceptors (Lipinski definition) is 9. The first-order valence-electron chi connectivity index (χ1n) is 12.1. The number of carbonyl (C=O) groups excluding carboxylic acids is 1. The van der Waals surface area contributed by atoms with Crippen LogP contribution in [-0.2, 0) is 9.53 Å². The molecule has 2 aromatic carbocycles. The summed E-state index contributed by atoms with van der Waals surface area (Å²) in [6.45, 7) is 7.47. The molecule has 1 aliphatic rings.